The van der Waals surface area contributed by atoms with Gasteiger partial charge in [0.1, 0.15) is 0 Å². The van der Waals surface area contributed by atoms with Crippen molar-refractivity contribution >= 4 is 5.91 Å². The third-order valence-electron chi connectivity index (χ3n) is 3.14. The Morgan fingerprint density at radius 3 is 2.56 bits per heavy atom. The highest BCUT2D eigenvalue weighted by molar-refractivity contribution is 5.79. The smallest absolute Gasteiger partial charge is 0.234 e. The summed E-state index contributed by atoms with van der Waals surface area (Å²) in [6.07, 6.45) is 1.06. The van der Waals surface area contributed by atoms with Crippen LogP contribution in [0.5, 0.6) is 0 Å². The Kier molecular flexibility index (Phi) is 3.71. The molecule has 0 saturated heterocycles. The van der Waals surface area contributed by atoms with E-state index >= 15 is 0 Å². The van der Waals surface area contributed by atoms with Gasteiger partial charge >= 0.3 is 0 Å². The van der Waals surface area contributed by atoms with E-state index in [1.54, 1.807) is 0 Å². The first-order chi connectivity index (χ1) is 8.46. The van der Waals surface area contributed by atoms with Crippen LogP contribution in [0.3, 0.4) is 0 Å². The number of amides is 1. The molecule has 2 rings (SSSR count). The fourth-order valence-corrected chi connectivity index (χ4v) is 2.03. The number of hydrogen-bond donors (Lipinski definition) is 2. The molecule has 1 fully saturated rings. The van der Waals surface area contributed by atoms with Gasteiger partial charge in [-0.05, 0) is 32.8 Å². The number of benzene rings is 1. The van der Waals surface area contributed by atoms with Gasteiger partial charge in [-0.2, -0.15) is 0 Å². The summed E-state index contributed by atoms with van der Waals surface area (Å²) >= 11 is 0. The molecule has 0 radical (unpaired) electrons. The van der Waals surface area contributed by atoms with Gasteiger partial charge < -0.3 is 10.6 Å². The lowest BCUT2D eigenvalue weighted by atomic mass is 10.1. The number of carbonyl (C=O) groups excluding carboxylic acids is 1. The molecule has 1 aliphatic rings. The Hall–Kier alpha value is -1.35. The van der Waals surface area contributed by atoms with E-state index in [1.165, 1.54) is 5.56 Å². The number of nitrogens with one attached hydrogen (secondary N) is 2. The number of hydrogen-bond acceptors (Lipinski definition) is 2. The van der Waals surface area contributed by atoms with Crippen molar-refractivity contribution in [2.45, 2.75) is 44.7 Å². The van der Waals surface area contributed by atoms with Gasteiger partial charge in [-0.3, -0.25) is 4.79 Å². The van der Waals surface area contributed by atoms with E-state index in [-0.39, 0.29) is 11.4 Å². The van der Waals surface area contributed by atoms with Gasteiger partial charge in [-0.25, -0.2) is 0 Å². The van der Waals surface area contributed by atoms with Crippen molar-refractivity contribution < 1.29 is 4.79 Å². The number of carbonyl (C=O) groups is 1. The van der Waals surface area contributed by atoms with E-state index < -0.39 is 0 Å². The highest BCUT2D eigenvalue weighted by Crippen LogP contribution is 2.40. The standard InChI is InChI=1S/C15H22N2O/c1-15(2,3)16-10-14(18)17-13-9-12(13)11-7-5-4-6-8-11/h4-8,12-13,16H,9-10H2,1-3H3,(H,17,18). The molecular formula is C15H22N2O. The van der Waals surface area contributed by atoms with E-state index in [9.17, 15) is 4.79 Å². The number of rotatable bonds is 4. The maximum Gasteiger partial charge on any atom is 0.234 e. The topological polar surface area (TPSA) is 41.1 Å². The van der Waals surface area contributed by atoms with Crippen LogP contribution in [0.2, 0.25) is 0 Å². The summed E-state index contributed by atoms with van der Waals surface area (Å²) < 4.78 is 0. The zero-order valence-corrected chi connectivity index (χ0v) is 11.4. The summed E-state index contributed by atoms with van der Waals surface area (Å²) in [7, 11) is 0. The van der Waals surface area contributed by atoms with Crippen molar-refractivity contribution in [3.05, 3.63) is 35.9 Å². The minimum absolute atomic E-state index is 0.0142. The summed E-state index contributed by atoms with van der Waals surface area (Å²) in [5.41, 5.74) is 1.31. The SMILES string of the molecule is CC(C)(C)NCC(=O)NC1CC1c1ccccc1. The van der Waals surface area contributed by atoms with Gasteiger partial charge in [0, 0.05) is 17.5 Å². The Bertz CT molecular complexity index is 408. The minimum atomic E-state index is -0.0142. The summed E-state index contributed by atoms with van der Waals surface area (Å²) in [5.74, 6) is 0.596. The molecule has 2 unspecified atom stereocenters. The van der Waals surface area contributed by atoms with E-state index in [2.05, 4.69) is 43.5 Å². The highest BCUT2D eigenvalue weighted by atomic mass is 16.2. The molecule has 1 saturated carbocycles. The molecule has 3 heteroatoms. The first-order valence-corrected chi connectivity index (χ1v) is 6.55. The van der Waals surface area contributed by atoms with E-state index in [4.69, 9.17) is 0 Å². The van der Waals surface area contributed by atoms with Gasteiger partial charge in [0.2, 0.25) is 5.91 Å². The molecule has 3 nitrogen and oxygen atoms in total. The Labute approximate surface area is 109 Å². The van der Waals surface area contributed by atoms with Gasteiger partial charge in [0.15, 0.2) is 0 Å². The summed E-state index contributed by atoms with van der Waals surface area (Å²) in [4.78, 5) is 11.7. The van der Waals surface area contributed by atoms with Crippen LogP contribution in [-0.2, 0) is 4.79 Å². The third kappa shape index (κ3) is 3.84. The van der Waals surface area contributed by atoms with Crippen molar-refractivity contribution in [3.8, 4) is 0 Å². The molecule has 2 atom stereocenters. The van der Waals surface area contributed by atoms with Gasteiger partial charge in [0.25, 0.3) is 0 Å². The largest absolute Gasteiger partial charge is 0.352 e. The monoisotopic (exact) mass is 246 g/mol. The first-order valence-electron chi connectivity index (χ1n) is 6.55. The van der Waals surface area contributed by atoms with Crippen LogP contribution < -0.4 is 10.6 Å². The second-order valence-corrected chi connectivity index (χ2v) is 6.03. The maximum atomic E-state index is 11.7. The molecule has 0 aromatic heterocycles. The van der Waals surface area contributed by atoms with Crippen molar-refractivity contribution in [2.24, 2.45) is 0 Å². The average Bonchev–Trinajstić information content (AvgIpc) is 3.06. The Balaban J connectivity index is 1.75. The third-order valence-corrected chi connectivity index (χ3v) is 3.14. The molecule has 0 spiro atoms. The van der Waals surface area contributed by atoms with Crippen LogP contribution in [0.1, 0.15) is 38.7 Å². The van der Waals surface area contributed by atoms with Gasteiger partial charge in [-0.1, -0.05) is 30.3 Å². The predicted octanol–water partition coefficient (Wildman–Crippen LogP) is 2.05. The molecule has 0 aliphatic heterocycles. The van der Waals surface area contributed by atoms with Gasteiger partial charge in [-0.15, -0.1) is 0 Å². The fraction of sp³-hybridized carbons (Fsp3) is 0.533. The van der Waals surface area contributed by atoms with Crippen LogP contribution in [0.4, 0.5) is 0 Å². The summed E-state index contributed by atoms with van der Waals surface area (Å²) in [6, 6.07) is 10.7. The van der Waals surface area contributed by atoms with Crippen molar-refractivity contribution in [3.63, 3.8) is 0 Å². The Morgan fingerprint density at radius 2 is 1.94 bits per heavy atom. The summed E-state index contributed by atoms with van der Waals surface area (Å²) in [6.45, 7) is 6.57. The van der Waals surface area contributed by atoms with Crippen molar-refractivity contribution in [2.75, 3.05) is 6.54 Å². The van der Waals surface area contributed by atoms with Crippen molar-refractivity contribution in [1.29, 1.82) is 0 Å². The summed E-state index contributed by atoms with van der Waals surface area (Å²) in [5, 5.41) is 6.27. The lowest BCUT2D eigenvalue weighted by Gasteiger charge is -2.20. The molecule has 1 aliphatic carbocycles. The molecule has 1 amide bonds. The first kappa shape index (κ1) is 13.1. The van der Waals surface area contributed by atoms with Crippen LogP contribution in [0.25, 0.3) is 0 Å². The second kappa shape index (κ2) is 5.11. The average molecular weight is 246 g/mol. The Morgan fingerprint density at radius 1 is 1.28 bits per heavy atom. The highest BCUT2D eigenvalue weighted by Gasteiger charge is 2.39. The quantitative estimate of drug-likeness (QED) is 0.853. The molecule has 1 aromatic carbocycles. The second-order valence-electron chi connectivity index (χ2n) is 6.03. The molecule has 0 heterocycles. The van der Waals surface area contributed by atoms with Crippen LogP contribution >= 0.6 is 0 Å². The van der Waals surface area contributed by atoms with Crippen molar-refractivity contribution in [1.82, 2.24) is 10.6 Å². The van der Waals surface area contributed by atoms with Crippen LogP contribution in [0, 0.1) is 0 Å². The van der Waals surface area contributed by atoms with E-state index in [1.807, 2.05) is 18.2 Å². The van der Waals surface area contributed by atoms with E-state index in [0.717, 1.165) is 6.42 Å². The minimum Gasteiger partial charge on any atom is -0.352 e. The zero-order chi connectivity index (χ0) is 13.2. The lowest BCUT2D eigenvalue weighted by Crippen LogP contribution is -2.43. The molecule has 98 valence electrons. The van der Waals surface area contributed by atoms with Crippen LogP contribution in [-0.4, -0.2) is 24.0 Å². The maximum absolute atomic E-state index is 11.7. The molecule has 2 N–H and O–H groups in total. The fourth-order valence-electron chi connectivity index (χ4n) is 2.03. The lowest BCUT2D eigenvalue weighted by molar-refractivity contribution is -0.120. The molecule has 18 heavy (non-hydrogen) atoms. The normalized spacial score (nSPS) is 22.6. The zero-order valence-electron chi connectivity index (χ0n) is 11.4. The molecule has 1 aromatic rings. The molecular weight excluding hydrogens is 224 g/mol. The van der Waals surface area contributed by atoms with Gasteiger partial charge in [0.05, 0.1) is 6.54 Å². The van der Waals surface area contributed by atoms with E-state index in [0.29, 0.717) is 18.5 Å². The molecule has 0 bridgehead atoms. The predicted molar refractivity (Wildman–Crippen MR) is 73.5 cm³/mol. The van der Waals surface area contributed by atoms with Crippen LogP contribution in [0.15, 0.2) is 30.3 Å².